The number of halogens is 1. The van der Waals surface area contributed by atoms with E-state index < -0.39 is 0 Å². The van der Waals surface area contributed by atoms with Crippen LogP contribution < -0.4 is 5.43 Å². The average molecular weight is 240 g/mol. The van der Waals surface area contributed by atoms with Gasteiger partial charge in [-0.05, 0) is 31.4 Å². The molecule has 0 spiro atoms. The Kier molecular flexibility index (Phi) is 3.41. The SMILES string of the molecule is Cc1c(Cl)ccnc1C(=O)NN1CCCC1. The Balaban J connectivity index is 2.11. The summed E-state index contributed by atoms with van der Waals surface area (Å²) in [4.78, 5) is 16.0. The van der Waals surface area contributed by atoms with Crippen molar-refractivity contribution >= 4 is 17.5 Å². The number of aromatic nitrogens is 1. The third-order valence-electron chi connectivity index (χ3n) is 2.72. The summed E-state index contributed by atoms with van der Waals surface area (Å²) in [6.07, 6.45) is 3.80. The smallest absolute Gasteiger partial charge is 0.283 e. The van der Waals surface area contributed by atoms with Crippen LogP contribution in [-0.2, 0) is 0 Å². The standard InChI is InChI=1S/C11H14ClN3O/c1-8-9(12)4-5-13-10(8)11(16)14-15-6-2-3-7-15/h4-5H,2-3,6-7H2,1H3,(H,14,16). The van der Waals surface area contributed by atoms with E-state index >= 15 is 0 Å². The van der Waals surface area contributed by atoms with Crippen LogP contribution in [-0.4, -0.2) is 29.0 Å². The van der Waals surface area contributed by atoms with Gasteiger partial charge in [-0.15, -0.1) is 0 Å². The molecule has 0 bridgehead atoms. The lowest BCUT2D eigenvalue weighted by atomic mass is 10.2. The summed E-state index contributed by atoms with van der Waals surface area (Å²) < 4.78 is 0. The molecule has 16 heavy (non-hydrogen) atoms. The molecule has 0 unspecified atom stereocenters. The van der Waals surface area contributed by atoms with Crippen molar-refractivity contribution in [1.29, 1.82) is 0 Å². The zero-order valence-corrected chi connectivity index (χ0v) is 9.92. The molecule has 1 aliphatic rings. The number of nitrogens with zero attached hydrogens (tertiary/aromatic N) is 2. The quantitative estimate of drug-likeness (QED) is 0.856. The van der Waals surface area contributed by atoms with Crippen LogP contribution in [0, 0.1) is 6.92 Å². The molecule has 1 aromatic heterocycles. The van der Waals surface area contributed by atoms with Crippen molar-refractivity contribution in [3.8, 4) is 0 Å². The number of hydrogen-bond acceptors (Lipinski definition) is 3. The van der Waals surface area contributed by atoms with Gasteiger partial charge in [0.1, 0.15) is 5.69 Å². The summed E-state index contributed by atoms with van der Waals surface area (Å²) in [6.45, 7) is 3.62. The highest BCUT2D eigenvalue weighted by Crippen LogP contribution is 2.16. The molecular formula is C11H14ClN3O. The van der Waals surface area contributed by atoms with E-state index in [1.54, 1.807) is 19.2 Å². The number of amides is 1. The Bertz CT molecular complexity index is 402. The minimum Gasteiger partial charge on any atom is -0.283 e. The third kappa shape index (κ3) is 2.33. The molecule has 5 heteroatoms. The fourth-order valence-corrected chi connectivity index (χ4v) is 1.91. The van der Waals surface area contributed by atoms with Crippen LogP contribution in [0.4, 0.5) is 0 Å². The van der Waals surface area contributed by atoms with E-state index in [0.29, 0.717) is 10.7 Å². The number of hydrazine groups is 1. The topological polar surface area (TPSA) is 45.2 Å². The van der Waals surface area contributed by atoms with E-state index in [4.69, 9.17) is 11.6 Å². The van der Waals surface area contributed by atoms with Crippen LogP contribution in [0.3, 0.4) is 0 Å². The van der Waals surface area contributed by atoms with Crippen LogP contribution in [0.25, 0.3) is 0 Å². The first-order chi connectivity index (χ1) is 7.68. The molecule has 1 fully saturated rings. The first kappa shape index (κ1) is 11.4. The summed E-state index contributed by atoms with van der Waals surface area (Å²) in [7, 11) is 0. The van der Waals surface area contributed by atoms with Crippen LogP contribution in [0.15, 0.2) is 12.3 Å². The molecule has 0 atom stereocenters. The van der Waals surface area contributed by atoms with E-state index in [1.807, 2.05) is 5.01 Å². The maximum atomic E-state index is 11.9. The first-order valence-electron chi connectivity index (χ1n) is 5.35. The minimum absolute atomic E-state index is 0.179. The van der Waals surface area contributed by atoms with Crippen molar-refractivity contribution in [1.82, 2.24) is 15.4 Å². The molecule has 0 saturated carbocycles. The zero-order chi connectivity index (χ0) is 11.5. The van der Waals surface area contributed by atoms with Crippen LogP contribution in [0.5, 0.6) is 0 Å². The lowest BCUT2D eigenvalue weighted by Gasteiger charge is -2.16. The Morgan fingerprint density at radius 3 is 2.88 bits per heavy atom. The molecule has 1 aliphatic heterocycles. The second-order valence-electron chi connectivity index (χ2n) is 3.90. The fourth-order valence-electron chi connectivity index (χ4n) is 1.77. The lowest BCUT2D eigenvalue weighted by Crippen LogP contribution is -2.40. The molecular weight excluding hydrogens is 226 g/mol. The van der Waals surface area contributed by atoms with Gasteiger partial charge >= 0.3 is 0 Å². The normalized spacial score (nSPS) is 16.4. The second-order valence-corrected chi connectivity index (χ2v) is 4.31. The van der Waals surface area contributed by atoms with Crippen LogP contribution in [0.2, 0.25) is 5.02 Å². The Morgan fingerprint density at radius 1 is 1.50 bits per heavy atom. The van der Waals surface area contributed by atoms with Crippen molar-refractivity contribution in [3.63, 3.8) is 0 Å². The summed E-state index contributed by atoms with van der Waals surface area (Å²) >= 11 is 5.94. The van der Waals surface area contributed by atoms with E-state index in [2.05, 4.69) is 10.4 Å². The molecule has 0 radical (unpaired) electrons. The van der Waals surface area contributed by atoms with Crippen molar-refractivity contribution < 1.29 is 4.79 Å². The van der Waals surface area contributed by atoms with Crippen molar-refractivity contribution in [2.45, 2.75) is 19.8 Å². The third-order valence-corrected chi connectivity index (χ3v) is 3.13. The lowest BCUT2D eigenvalue weighted by molar-refractivity contribution is 0.0819. The van der Waals surface area contributed by atoms with E-state index in [0.717, 1.165) is 31.5 Å². The maximum Gasteiger partial charge on any atom is 0.284 e. The van der Waals surface area contributed by atoms with Gasteiger partial charge in [-0.2, -0.15) is 0 Å². The molecule has 1 saturated heterocycles. The maximum absolute atomic E-state index is 11.9. The monoisotopic (exact) mass is 239 g/mol. The highest BCUT2D eigenvalue weighted by Gasteiger charge is 2.18. The molecule has 4 nitrogen and oxygen atoms in total. The Morgan fingerprint density at radius 2 is 2.19 bits per heavy atom. The van der Waals surface area contributed by atoms with Gasteiger partial charge in [0.05, 0.1) is 0 Å². The van der Waals surface area contributed by atoms with Gasteiger partial charge in [0, 0.05) is 24.3 Å². The fraction of sp³-hybridized carbons (Fsp3) is 0.455. The van der Waals surface area contributed by atoms with Crippen LogP contribution >= 0.6 is 11.6 Å². The van der Waals surface area contributed by atoms with Gasteiger partial charge in [-0.3, -0.25) is 15.2 Å². The van der Waals surface area contributed by atoms with Gasteiger partial charge in [-0.25, -0.2) is 5.01 Å². The van der Waals surface area contributed by atoms with Gasteiger partial charge < -0.3 is 0 Å². The molecule has 1 aromatic rings. The van der Waals surface area contributed by atoms with E-state index in [-0.39, 0.29) is 5.91 Å². The molecule has 2 heterocycles. The summed E-state index contributed by atoms with van der Waals surface area (Å²) in [5.41, 5.74) is 3.96. The van der Waals surface area contributed by atoms with Crippen molar-refractivity contribution in [2.75, 3.05) is 13.1 Å². The number of rotatable bonds is 2. The highest BCUT2D eigenvalue weighted by molar-refractivity contribution is 6.31. The van der Waals surface area contributed by atoms with Crippen LogP contribution in [0.1, 0.15) is 28.9 Å². The van der Waals surface area contributed by atoms with Crippen molar-refractivity contribution in [3.05, 3.63) is 28.5 Å². The number of hydrogen-bond donors (Lipinski definition) is 1. The summed E-state index contributed by atoms with van der Waals surface area (Å²) in [5.74, 6) is -0.179. The number of nitrogens with one attached hydrogen (secondary N) is 1. The first-order valence-corrected chi connectivity index (χ1v) is 5.73. The summed E-state index contributed by atoms with van der Waals surface area (Å²) in [6, 6.07) is 1.68. The molecule has 86 valence electrons. The van der Waals surface area contributed by atoms with E-state index in [9.17, 15) is 4.79 Å². The van der Waals surface area contributed by atoms with Gasteiger partial charge in [0.2, 0.25) is 0 Å². The van der Waals surface area contributed by atoms with E-state index in [1.165, 1.54) is 0 Å². The largest absolute Gasteiger partial charge is 0.284 e. The molecule has 2 rings (SSSR count). The predicted molar refractivity (Wildman–Crippen MR) is 62.3 cm³/mol. The van der Waals surface area contributed by atoms with Crippen molar-refractivity contribution in [2.24, 2.45) is 0 Å². The summed E-state index contributed by atoms with van der Waals surface area (Å²) in [5, 5.41) is 2.49. The van der Waals surface area contributed by atoms with Gasteiger partial charge in [0.15, 0.2) is 0 Å². The highest BCUT2D eigenvalue weighted by atomic mass is 35.5. The Labute approximate surface area is 99.6 Å². The number of pyridine rings is 1. The predicted octanol–water partition coefficient (Wildman–Crippen LogP) is 1.78. The van der Waals surface area contributed by atoms with Gasteiger partial charge in [0.25, 0.3) is 5.91 Å². The average Bonchev–Trinajstić information content (AvgIpc) is 2.74. The molecule has 0 aromatic carbocycles. The molecule has 1 N–H and O–H groups in total. The molecule has 0 aliphatic carbocycles. The number of carbonyl (C=O) groups is 1. The molecule has 1 amide bonds. The number of carbonyl (C=O) groups excluding carboxylic acids is 1. The second kappa shape index (κ2) is 4.80. The Hall–Kier alpha value is -1.13. The van der Waals surface area contributed by atoms with Gasteiger partial charge in [-0.1, -0.05) is 11.6 Å². The zero-order valence-electron chi connectivity index (χ0n) is 9.16. The minimum atomic E-state index is -0.179.